The molecule has 1 aliphatic carbocycles. The normalized spacial score (nSPS) is 21.5. The van der Waals surface area contributed by atoms with Gasteiger partial charge in [-0.3, -0.25) is 19.7 Å². The first-order chi connectivity index (χ1) is 5.68. The molecule has 2 amide bonds. The van der Waals surface area contributed by atoms with Gasteiger partial charge in [-0.1, -0.05) is 6.08 Å². The maximum Gasteiger partial charge on any atom is 0.259 e. The smallest absolute Gasteiger partial charge is 0.259 e. The second-order valence-corrected chi connectivity index (χ2v) is 2.63. The molecule has 0 aromatic heterocycles. The fourth-order valence-electron chi connectivity index (χ4n) is 1.25. The molecule has 1 aliphatic heterocycles. The van der Waals surface area contributed by atoms with E-state index in [-0.39, 0.29) is 17.8 Å². The highest BCUT2D eigenvalue weighted by molar-refractivity contribution is 6.27. The van der Waals surface area contributed by atoms with Crippen LogP contribution in [0.4, 0.5) is 0 Å². The number of rotatable bonds is 0. The fourth-order valence-corrected chi connectivity index (χ4v) is 1.25. The number of amides is 2. The molecule has 0 spiro atoms. The number of hydrogen-bond donors (Lipinski definition) is 1. The second kappa shape index (κ2) is 2.14. The van der Waals surface area contributed by atoms with E-state index >= 15 is 0 Å². The van der Waals surface area contributed by atoms with E-state index in [0.717, 1.165) is 0 Å². The number of ketones is 1. The Balaban J connectivity index is 2.53. The molecule has 4 heteroatoms. The van der Waals surface area contributed by atoms with Crippen molar-refractivity contribution >= 4 is 17.6 Å². The van der Waals surface area contributed by atoms with Crippen molar-refractivity contribution in [3.8, 4) is 0 Å². The molecule has 0 atom stereocenters. The van der Waals surface area contributed by atoms with Crippen molar-refractivity contribution in [2.24, 2.45) is 0 Å². The zero-order valence-corrected chi connectivity index (χ0v) is 6.09. The molecule has 1 fully saturated rings. The summed E-state index contributed by atoms with van der Waals surface area (Å²) in [6, 6.07) is 0. The average Bonchev–Trinajstić information content (AvgIpc) is 2.28. The molecule has 2 aliphatic rings. The number of fused-ring (bicyclic) bond motifs is 1. The van der Waals surface area contributed by atoms with Crippen LogP contribution in [0, 0.1) is 0 Å². The van der Waals surface area contributed by atoms with Crippen LogP contribution in [0.3, 0.4) is 0 Å². The fraction of sp³-hybridized carbons (Fsp3) is 0.125. The summed E-state index contributed by atoms with van der Waals surface area (Å²) in [7, 11) is 0. The third kappa shape index (κ3) is 0.812. The van der Waals surface area contributed by atoms with Gasteiger partial charge in [-0.15, -0.1) is 0 Å². The standard InChI is InChI=1S/C8H5NO3/c10-4-1-2-5-6(3-4)8(12)9-7(5)11/h2-3H,1H2,(H,9,11,12). The molecule has 0 bridgehead atoms. The van der Waals surface area contributed by atoms with Crippen LogP contribution in [-0.2, 0) is 14.4 Å². The minimum absolute atomic E-state index is 0.140. The van der Waals surface area contributed by atoms with Crippen molar-refractivity contribution in [2.75, 3.05) is 0 Å². The Hall–Kier alpha value is -1.71. The van der Waals surface area contributed by atoms with Crippen LogP contribution < -0.4 is 5.32 Å². The van der Waals surface area contributed by atoms with E-state index in [1.807, 2.05) is 0 Å². The monoisotopic (exact) mass is 163 g/mol. The van der Waals surface area contributed by atoms with Gasteiger partial charge in [0.1, 0.15) is 0 Å². The van der Waals surface area contributed by atoms with E-state index in [9.17, 15) is 14.4 Å². The molecule has 12 heavy (non-hydrogen) atoms. The van der Waals surface area contributed by atoms with Crippen molar-refractivity contribution in [2.45, 2.75) is 6.42 Å². The predicted octanol–water partition coefficient (Wildman–Crippen LogP) is -0.532. The van der Waals surface area contributed by atoms with E-state index in [1.54, 1.807) is 0 Å². The molecule has 0 saturated carbocycles. The molecule has 2 rings (SSSR count). The SMILES string of the molecule is O=C1C=C2C(=O)NC(=O)C2=CC1. The first kappa shape index (κ1) is 6.97. The van der Waals surface area contributed by atoms with Gasteiger partial charge in [-0.2, -0.15) is 0 Å². The van der Waals surface area contributed by atoms with Crippen molar-refractivity contribution in [1.29, 1.82) is 0 Å². The molecule has 1 heterocycles. The lowest BCUT2D eigenvalue weighted by Crippen LogP contribution is -2.19. The van der Waals surface area contributed by atoms with Gasteiger partial charge in [0, 0.05) is 12.0 Å². The van der Waals surface area contributed by atoms with Gasteiger partial charge in [0.2, 0.25) is 0 Å². The summed E-state index contributed by atoms with van der Waals surface area (Å²) in [5.41, 5.74) is 0.538. The Morgan fingerprint density at radius 2 is 1.75 bits per heavy atom. The van der Waals surface area contributed by atoms with Gasteiger partial charge in [0.05, 0.1) is 5.57 Å². The average molecular weight is 163 g/mol. The maximum absolute atomic E-state index is 11.0. The van der Waals surface area contributed by atoms with Gasteiger partial charge in [0.25, 0.3) is 11.8 Å². The number of imide groups is 1. The Morgan fingerprint density at radius 1 is 1.08 bits per heavy atom. The predicted molar refractivity (Wildman–Crippen MR) is 38.9 cm³/mol. The highest BCUT2D eigenvalue weighted by Gasteiger charge is 2.32. The van der Waals surface area contributed by atoms with Crippen LogP contribution in [0.2, 0.25) is 0 Å². The van der Waals surface area contributed by atoms with Crippen LogP contribution >= 0.6 is 0 Å². The summed E-state index contributed by atoms with van der Waals surface area (Å²) in [4.78, 5) is 32.8. The van der Waals surface area contributed by atoms with Crippen LogP contribution in [0.15, 0.2) is 23.3 Å². The van der Waals surface area contributed by atoms with Crippen LogP contribution in [0.5, 0.6) is 0 Å². The Labute approximate surface area is 67.9 Å². The molecule has 1 saturated heterocycles. The quantitative estimate of drug-likeness (QED) is 0.488. The molecular formula is C8H5NO3. The van der Waals surface area contributed by atoms with E-state index < -0.39 is 11.8 Å². The summed E-state index contributed by atoms with van der Waals surface area (Å²) in [5, 5.41) is 2.11. The first-order valence-corrected chi connectivity index (χ1v) is 3.49. The lowest BCUT2D eigenvalue weighted by atomic mass is 9.99. The third-order valence-corrected chi connectivity index (χ3v) is 1.82. The topological polar surface area (TPSA) is 63.2 Å². The van der Waals surface area contributed by atoms with Gasteiger partial charge in [-0.25, -0.2) is 0 Å². The molecule has 0 radical (unpaired) electrons. The minimum atomic E-state index is -0.473. The Kier molecular flexibility index (Phi) is 1.24. The van der Waals surface area contributed by atoms with Crippen LogP contribution in [0.1, 0.15) is 6.42 Å². The zero-order chi connectivity index (χ0) is 8.72. The van der Waals surface area contributed by atoms with Crippen molar-refractivity contribution in [3.05, 3.63) is 23.3 Å². The molecule has 4 nitrogen and oxygen atoms in total. The van der Waals surface area contributed by atoms with Gasteiger partial charge in [0.15, 0.2) is 5.78 Å². The number of allylic oxidation sites excluding steroid dienone is 2. The summed E-state index contributed by atoms with van der Waals surface area (Å²) in [5.74, 6) is -1.02. The lowest BCUT2D eigenvalue weighted by Gasteiger charge is -2.00. The molecular weight excluding hydrogens is 158 g/mol. The third-order valence-electron chi connectivity index (χ3n) is 1.82. The molecule has 0 aromatic rings. The second-order valence-electron chi connectivity index (χ2n) is 2.63. The van der Waals surface area contributed by atoms with Crippen molar-refractivity contribution in [3.63, 3.8) is 0 Å². The number of carbonyl (C=O) groups excluding carboxylic acids is 3. The van der Waals surface area contributed by atoms with Crippen molar-refractivity contribution in [1.82, 2.24) is 5.32 Å². The zero-order valence-electron chi connectivity index (χ0n) is 6.09. The molecule has 0 aromatic carbocycles. The number of nitrogens with one attached hydrogen (secondary N) is 1. The molecule has 0 unspecified atom stereocenters. The summed E-state index contributed by atoms with van der Waals surface area (Å²) in [6.07, 6.45) is 2.91. The molecule has 1 N–H and O–H groups in total. The Bertz CT molecular complexity index is 362. The first-order valence-electron chi connectivity index (χ1n) is 3.49. The number of hydrogen-bond acceptors (Lipinski definition) is 3. The van der Waals surface area contributed by atoms with E-state index in [4.69, 9.17) is 0 Å². The van der Waals surface area contributed by atoms with Gasteiger partial charge >= 0.3 is 0 Å². The van der Waals surface area contributed by atoms with Gasteiger partial charge in [-0.05, 0) is 6.08 Å². The highest BCUT2D eigenvalue weighted by Crippen LogP contribution is 2.21. The van der Waals surface area contributed by atoms with Crippen molar-refractivity contribution < 1.29 is 14.4 Å². The van der Waals surface area contributed by atoms with Crippen LogP contribution in [-0.4, -0.2) is 17.6 Å². The minimum Gasteiger partial charge on any atom is -0.294 e. The Morgan fingerprint density at radius 3 is 2.50 bits per heavy atom. The summed E-state index contributed by atoms with van der Waals surface area (Å²) >= 11 is 0. The van der Waals surface area contributed by atoms with E-state index in [2.05, 4.69) is 5.32 Å². The lowest BCUT2D eigenvalue weighted by molar-refractivity contribution is -0.123. The highest BCUT2D eigenvalue weighted by atomic mass is 16.2. The van der Waals surface area contributed by atoms with Crippen LogP contribution in [0.25, 0.3) is 0 Å². The number of carbonyl (C=O) groups is 3. The van der Waals surface area contributed by atoms with E-state index in [1.165, 1.54) is 12.2 Å². The van der Waals surface area contributed by atoms with E-state index in [0.29, 0.717) is 5.57 Å². The molecule has 60 valence electrons. The summed E-state index contributed by atoms with van der Waals surface area (Å²) in [6.45, 7) is 0. The van der Waals surface area contributed by atoms with Gasteiger partial charge < -0.3 is 0 Å². The largest absolute Gasteiger partial charge is 0.294 e. The maximum atomic E-state index is 11.0. The summed E-state index contributed by atoms with van der Waals surface area (Å²) < 4.78 is 0.